The van der Waals surface area contributed by atoms with Crippen molar-refractivity contribution in [2.24, 2.45) is 0 Å². The van der Waals surface area contributed by atoms with Crippen LogP contribution in [-0.2, 0) is 9.53 Å². The number of carbonyl (C=O) groups excluding carboxylic acids is 2. The van der Waals surface area contributed by atoms with Gasteiger partial charge in [0.2, 0.25) is 5.91 Å². The number of amides is 2. The SMILES string of the molecule is CCOCCCNC(=O)c1ccc(Sc2ccc(C)cc2)c(NC(C)=O)c1. The molecular weight excluding hydrogens is 360 g/mol. The molecule has 0 unspecified atom stereocenters. The fraction of sp³-hybridized carbons (Fsp3) is 0.333. The highest BCUT2D eigenvalue weighted by Crippen LogP contribution is 2.34. The van der Waals surface area contributed by atoms with Crippen LogP contribution in [0.2, 0.25) is 0 Å². The van der Waals surface area contributed by atoms with Gasteiger partial charge in [0.25, 0.3) is 5.91 Å². The van der Waals surface area contributed by atoms with Gasteiger partial charge in [0.05, 0.1) is 5.69 Å². The van der Waals surface area contributed by atoms with Gasteiger partial charge in [-0.15, -0.1) is 0 Å². The molecule has 0 aromatic heterocycles. The molecule has 0 aliphatic rings. The fourth-order valence-corrected chi connectivity index (χ4v) is 3.29. The van der Waals surface area contributed by atoms with E-state index in [1.54, 1.807) is 23.9 Å². The molecule has 0 aliphatic carbocycles. The first-order valence-electron chi connectivity index (χ1n) is 9.01. The summed E-state index contributed by atoms with van der Waals surface area (Å²) in [7, 11) is 0. The van der Waals surface area contributed by atoms with Crippen LogP contribution >= 0.6 is 11.8 Å². The highest BCUT2D eigenvalue weighted by molar-refractivity contribution is 7.99. The fourth-order valence-electron chi connectivity index (χ4n) is 2.40. The molecule has 0 radical (unpaired) electrons. The molecule has 0 fully saturated rings. The number of rotatable bonds is 9. The van der Waals surface area contributed by atoms with Crippen LogP contribution in [0, 0.1) is 6.92 Å². The molecule has 0 saturated heterocycles. The lowest BCUT2D eigenvalue weighted by molar-refractivity contribution is -0.114. The van der Waals surface area contributed by atoms with Gasteiger partial charge in [-0.25, -0.2) is 0 Å². The van der Waals surface area contributed by atoms with Crippen molar-refractivity contribution in [3.05, 3.63) is 53.6 Å². The van der Waals surface area contributed by atoms with E-state index >= 15 is 0 Å². The zero-order valence-electron chi connectivity index (χ0n) is 16.0. The summed E-state index contributed by atoms with van der Waals surface area (Å²) in [5.41, 5.74) is 2.34. The molecule has 6 heteroatoms. The van der Waals surface area contributed by atoms with Crippen LogP contribution < -0.4 is 10.6 Å². The van der Waals surface area contributed by atoms with Crippen molar-refractivity contribution < 1.29 is 14.3 Å². The van der Waals surface area contributed by atoms with E-state index in [1.165, 1.54) is 12.5 Å². The summed E-state index contributed by atoms with van der Waals surface area (Å²) in [6.45, 7) is 7.29. The highest BCUT2D eigenvalue weighted by Gasteiger charge is 2.12. The van der Waals surface area contributed by atoms with Crippen LogP contribution in [-0.4, -0.2) is 31.6 Å². The Kier molecular flexibility index (Phi) is 8.36. The summed E-state index contributed by atoms with van der Waals surface area (Å²) in [6, 6.07) is 13.5. The van der Waals surface area contributed by atoms with Crippen molar-refractivity contribution in [3.63, 3.8) is 0 Å². The Morgan fingerprint density at radius 3 is 2.52 bits per heavy atom. The van der Waals surface area contributed by atoms with E-state index < -0.39 is 0 Å². The van der Waals surface area contributed by atoms with Crippen LogP contribution in [0.15, 0.2) is 52.3 Å². The maximum Gasteiger partial charge on any atom is 0.251 e. The third-order valence-electron chi connectivity index (χ3n) is 3.76. The topological polar surface area (TPSA) is 67.4 Å². The maximum atomic E-state index is 12.4. The molecule has 0 atom stereocenters. The number of hydrogen-bond acceptors (Lipinski definition) is 4. The number of nitrogens with one attached hydrogen (secondary N) is 2. The van der Waals surface area contributed by atoms with Crippen molar-refractivity contribution in [2.45, 2.75) is 37.0 Å². The van der Waals surface area contributed by atoms with Gasteiger partial charge in [0.1, 0.15) is 0 Å². The van der Waals surface area contributed by atoms with E-state index in [1.807, 2.05) is 44.2 Å². The molecule has 0 heterocycles. The van der Waals surface area contributed by atoms with Crippen molar-refractivity contribution in [2.75, 3.05) is 25.1 Å². The average molecular weight is 387 g/mol. The van der Waals surface area contributed by atoms with E-state index in [9.17, 15) is 9.59 Å². The standard InChI is InChI=1S/C21H26N2O3S/c1-4-26-13-5-12-22-21(25)17-8-11-20(19(14-17)23-16(3)24)27-18-9-6-15(2)7-10-18/h6-11,14H,4-5,12-13H2,1-3H3,(H,22,25)(H,23,24). The molecule has 0 aliphatic heterocycles. The third kappa shape index (κ3) is 7.07. The second-order valence-corrected chi connectivity index (χ2v) is 7.23. The number of benzene rings is 2. The summed E-state index contributed by atoms with van der Waals surface area (Å²) in [6.07, 6.45) is 0.763. The van der Waals surface area contributed by atoms with Crippen LogP contribution in [0.4, 0.5) is 5.69 Å². The molecule has 2 aromatic rings. The molecule has 2 aromatic carbocycles. The molecule has 0 saturated carbocycles. The minimum Gasteiger partial charge on any atom is -0.382 e. The number of hydrogen-bond donors (Lipinski definition) is 2. The highest BCUT2D eigenvalue weighted by atomic mass is 32.2. The Bertz CT molecular complexity index is 775. The summed E-state index contributed by atoms with van der Waals surface area (Å²) in [5, 5.41) is 5.70. The predicted octanol–water partition coefficient (Wildman–Crippen LogP) is 4.26. The van der Waals surface area contributed by atoms with E-state index in [0.717, 1.165) is 16.2 Å². The molecule has 27 heavy (non-hydrogen) atoms. The first-order valence-corrected chi connectivity index (χ1v) is 9.83. The van der Waals surface area contributed by atoms with Gasteiger partial charge in [-0.3, -0.25) is 9.59 Å². The first-order chi connectivity index (χ1) is 13.0. The van der Waals surface area contributed by atoms with E-state index in [4.69, 9.17) is 4.74 Å². The largest absolute Gasteiger partial charge is 0.382 e. The van der Waals surface area contributed by atoms with Gasteiger partial charge in [-0.05, 0) is 50.6 Å². The van der Waals surface area contributed by atoms with Gasteiger partial charge >= 0.3 is 0 Å². The molecule has 144 valence electrons. The monoisotopic (exact) mass is 386 g/mol. The Morgan fingerprint density at radius 1 is 1.11 bits per heavy atom. The Balaban J connectivity index is 2.10. The van der Waals surface area contributed by atoms with Crippen LogP contribution in [0.25, 0.3) is 0 Å². The number of ether oxygens (including phenoxy) is 1. The quantitative estimate of drug-likeness (QED) is 0.632. The smallest absolute Gasteiger partial charge is 0.251 e. The minimum absolute atomic E-state index is 0.162. The Labute approximate surface area is 164 Å². The number of carbonyl (C=O) groups is 2. The zero-order chi connectivity index (χ0) is 19.6. The van der Waals surface area contributed by atoms with Gasteiger partial charge < -0.3 is 15.4 Å². The lowest BCUT2D eigenvalue weighted by Crippen LogP contribution is -2.25. The van der Waals surface area contributed by atoms with Crippen molar-refractivity contribution >= 4 is 29.3 Å². The van der Waals surface area contributed by atoms with Crippen LogP contribution in [0.5, 0.6) is 0 Å². The Morgan fingerprint density at radius 2 is 1.85 bits per heavy atom. The van der Waals surface area contributed by atoms with Crippen molar-refractivity contribution in [3.8, 4) is 0 Å². The predicted molar refractivity (Wildman–Crippen MR) is 109 cm³/mol. The molecule has 0 bridgehead atoms. The van der Waals surface area contributed by atoms with Gasteiger partial charge in [-0.2, -0.15) is 0 Å². The molecule has 0 spiro atoms. The summed E-state index contributed by atoms with van der Waals surface area (Å²) >= 11 is 1.55. The normalized spacial score (nSPS) is 10.5. The molecule has 2 N–H and O–H groups in total. The molecule has 5 nitrogen and oxygen atoms in total. The molecule has 2 amide bonds. The summed E-state index contributed by atoms with van der Waals surface area (Å²) < 4.78 is 5.26. The second-order valence-electron chi connectivity index (χ2n) is 6.11. The number of aryl methyl sites for hydroxylation is 1. The maximum absolute atomic E-state index is 12.4. The van der Waals surface area contributed by atoms with E-state index in [2.05, 4.69) is 10.6 Å². The minimum atomic E-state index is -0.171. The Hall–Kier alpha value is -2.31. The van der Waals surface area contributed by atoms with Crippen molar-refractivity contribution in [1.82, 2.24) is 5.32 Å². The second kappa shape index (κ2) is 10.7. The van der Waals surface area contributed by atoms with E-state index in [-0.39, 0.29) is 11.8 Å². The van der Waals surface area contributed by atoms with E-state index in [0.29, 0.717) is 31.0 Å². The first kappa shape index (κ1) is 21.0. The zero-order valence-corrected chi connectivity index (χ0v) is 16.8. The lowest BCUT2D eigenvalue weighted by atomic mass is 10.2. The molecule has 2 rings (SSSR count). The van der Waals surface area contributed by atoms with Gasteiger partial charge in [-0.1, -0.05) is 29.5 Å². The van der Waals surface area contributed by atoms with Gasteiger partial charge in [0, 0.05) is 42.0 Å². The summed E-state index contributed by atoms with van der Waals surface area (Å²) in [4.78, 5) is 25.9. The van der Waals surface area contributed by atoms with Gasteiger partial charge in [0.15, 0.2) is 0 Å². The third-order valence-corrected chi connectivity index (χ3v) is 4.84. The average Bonchev–Trinajstić information content (AvgIpc) is 2.64. The summed E-state index contributed by atoms with van der Waals surface area (Å²) in [5.74, 6) is -0.333. The van der Waals surface area contributed by atoms with Crippen molar-refractivity contribution in [1.29, 1.82) is 0 Å². The van der Waals surface area contributed by atoms with Crippen LogP contribution in [0.1, 0.15) is 36.2 Å². The number of anilines is 1. The lowest BCUT2D eigenvalue weighted by Gasteiger charge is -2.12. The van der Waals surface area contributed by atoms with Crippen LogP contribution in [0.3, 0.4) is 0 Å². The molecular formula is C21H26N2O3S.